The first-order valence-electron chi connectivity index (χ1n) is 7.92. The molecule has 1 N–H and O–H groups in total. The van der Waals surface area contributed by atoms with Gasteiger partial charge in [-0.25, -0.2) is 9.97 Å². The summed E-state index contributed by atoms with van der Waals surface area (Å²) in [7, 11) is 0. The number of hydrogen-bond acceptors (Lipinski definition) is 5. The van der Waals surface area contributed by atoms with Crippen LogP contribution in [0.3, 0.4) is 0 Å². The van der Waals surface area contributed by atoms with Crippen molar-refractivity contribution >= 4 is 34.9 Å². The average molecular weight is 360 g/mol. The minimum atomic E-state index is -0.176. The number of rotatable bonds is 3. The van der Waals surface area contributed by atoms with Crippen LogP contribution in [-0.2, 0) is 4.79 Å². The second-order valence-corrected chi connectivity index (χ2v) is 6.16. The lowest BCUT2D eigenvalue weighted by Crippen LogP contribution is -2.50. The quantitative estimate of drug-likeness (QED) is 0.908. The molecule has 1 aliphatic rings. The third-order valence-corrected chi connectivity index (χ3v) is 4.22. The van der Waals surface area contributed by atoms with Gasteiger partial charge in [-0.05, 0) is 18.2 Å². The highest BCUT2D eigenvalue weighted by Crippen LogP contribution is 2.18. The van der Waals surface area contributed by atoms with E-state index in [1.165, 1.54) is 19.3 Å². The monoisotopic (exact) mass is 359 g/mol. The Bertz CT molecular complexity index is 773. The van der Waals surface area contributed by atoms with Gasteiger partial charge in [-0.2, -0.15) is 0 Å². The molecule has 2 aromatic rings. The predicted octanol–water partition coefficient (Wildman–Crippen LogP) is 2.18. The number of hydrogen-bond donors (Lipinski definition) is 1. The van der Waals surface area contributed by atoms with Gasteiger partial charge >= 0.3 is 0 Å². The zero-order valence-electron chi connectivity index (χ0n) is 13.8. The molecule has 25 heavy (non-hydrogen) atoms. The van der Waals surface area contributed by atoms with Crippen LogP contribution in [0.15, 0.2) is 36.7 Å². The van der Waals surface area contributed by atoms with E-state index >= 15 is 0 Å². The Balaban J connectivity index is 1.62. The van der Waals surface area contributed by atoms with Gasteiger partial charge in [0.1, 0.15) is 11.5 Å². The molecule has 1 aromatic heterocycles. The fourth-order valence-corrected chi connectivity index (χ4v) is 2.79. The molecule has 7 nitrogen and oxygen atoms in total. The first-order chi connectivity index (χ1) is 12.0. The smallest absolute Gasteiger partial charge is 0.274 e. The molecule has 0 atom stereocenters. The molecule has 0 saturated carbocycles. The van der Waals surface area contributed by atoms with Crippen molar-refractivity contribution < 1.29 is 9.59 Å². The lowest BCUT2D eigenvalue weighted by atomic mass is 10.2. The summed E-state index contributed by atoms with van der Waals surface area (Å²) in [6.45, 7) is 3.63. The summed E-state index contributed by atoms with van der Waals surface area (Å²) in [5, 5.41) is 3.70. The van der Waals surface area contributed by atoms with Gasteiger partial charge in [-0.15, -0.1) is 0 Å². The van der Waals surface area contributed by atoms with Crippen LogP contribution in [-0.4, -0.2) is 57.8 Å². The average Bonchev–Trinajstić information content (AvgIpc) is 2.62. The number of anilines is 2. The van der Waals surface area contributed by atoms with Crippen LogP contribution in [0.1, 0.15) is 17.4 Å². The molecule has 1 aromatic carbocycles. The maximum Gasteiger partial charge on any atom is 0.274 e. The molecule has 8 heteroatoms. The van der Waals surface area contributed by atoms with Crippen LogP contribution in [0.25, 0.3) is 0 Å². The molecule has 1 aliphatic heterocycles. The number of nitrogens with zero attached hydrogens (tertiary/aromatic N) is 4. The van der Waals surface area contributed by atoms with Gasteiger partial charge in [-0.1, -0.05) is 17.7 Å². The molecule has 0 spiro atoms. The van der Waals surface area contributed by atoms with E-state index in [0.717, 1.165) is 5.69 Å². The number of carbonyl (C=O) groups is 2. The van der Waals surface area contributed by atoms with Crippen molar-refractivity contribution in [1.29, 1.82) is 0 Å². The van der Waals surface area contributed by atoms with Crippen molar-refractivity contribution in [2.75, 3.05) is 31.5 Å². The summed E-state index contributed by atoms with van der Waals surface area (Å²) < 4.78 is 0. The zero-order chi connectivity index (χ0) is 17.8. The minimum absolute atomic E-state index is 0.0309. The number of carbonyl (C=O) groups excluding carboxylic acids is 2. The molecule has 130 valence electrons. The second-order valence-electron chi connectivity index (χ2n) is 5.72. The predicted molar refractivity (Wildman–Crippen MR) is 94.9 cm³/mol. The van der Waals surface area contributed by atoms with Gasteiger partial charge in [0.05, 0.1) is 12.4 Å². The third kappa shape index (κ3) is 4.24. The van der Waals surface area contributed by atoms with Gasteiger partial charge in [0.2, 0.25) is 5.91 Å². The molecule has 0 aliphatic carbocycles. The van der Waals surface area contributed by atoms with E-state index in [1.54, 1.807) is 21.9 Å². The number of amides is 2. The van der Waals surface area contributed by atoms with E-state index in [1.807, 2.05) is 12.1 Å². The molecule has 1 saturated heterocycles. The standard InChI is InChI=1S/C17H18ClN5O2/c1-12(24)22-5-7-23(8-6-22)17(25)15-10-20-16(11-19-15)21-14-4-2-3-13(18)9-14/h2-4,9-11H,5-8H2,1H3,(H,20,21). The molecule has 2 amide bonds. The van der Waals surface area contributed by atoms with Gasteiger partial charge in [0, 0.05) is 43.8 Å². The number of nitrogens with one attached hydrogen (secondary N) is 1. The van der Waals surface area contributed by atoms with E-state index < -0.39 is 0 Å². The number of aromatic nitrogens is 2. The van der Waals surface area contributed by atoms with Gasteiger partial charge in [0.25, 0.3) is 5.91 Å². The SMILES string of the molecule is CC(=O)N1CCN(C(=O)c2cnc(Nc3cccc(Cl)c3)cn2)CC1. The van der Waals surface area contributed by atoms with E-state index in [2.05, 4.69) is 15.3 Å². The highest BCUT2D eigenvalue weighted by molar-refractivity contribution is 6.30. The highest BCUT2D eigenvalue weighted by atomic mass is 35.5. The van der Waals surface area contributed by atoms with E-state index in [0.29, 0.717) is 37.0 Å². The topological polar surface area (TPSA) is 78.4 Å². The van der Waals surface area contributed by atoms with Gasteiger partial charge in [-0.3, -0.25) is 9.59 Å². The maximum atomic E-state index is 12.5. The molecule has 3 rings (SSSR count). The Morgan fingerprint density at radius 1 is 1.08 bits per heavy atom. The molecular weight excluding hydrogens is 342 g/mol. The van der Waals surface area contributed by atoms with Gasteiger partial charge < -0.3 is 15.1 Å². The van der Waals surface area contributed by atoms with Crippen molar-refractivity contribution in [3.05, 3.63) is 47.4 Å². The molecule has 0 radical (unpaired) electrons. The molecule has 0 unspecified atom stereocenters. The highest BCUT2D eigenvalue weighted by Gasteiger charge is 2.24. The van der Waals surface area contributed by atoms with E-state index in [4.69, 9.17) is 11.6 Å². The first kappa shape index (κ1) is 17.2. The zero-order valence-corrected chi connectivity index (χ0v) is 14.5. The van der Waals surface area contributed by atoms with Crippen molar-refractivity contribution in [2.45, 2.75) is 6.92 Å². The lowest BCUT2D eigenvalue weighted by Gasteiger charge is -2.33. The molecular formula is C17H18ClN5O2. The van der Waals surface area contributed by atoms with Crippen LogP contribution in [0.4, 0.5) is 11.5 Å². The van der Waals surface area contributed by atoms with E-state index in [9.17, 15) is 9.59 Å². The Morgan fingerprint density at radius 2 is 1.80 bits per heavy atom. The number of piperazine rings is 1. The summed E-state index contributed by atoms with van der Waals surface area (Å²) >= 11 is 5.94. The molecule has 2 heterocycles. The van der Waals surface area contributed by atoms with Crippen LogP contribution in [0.5, 0.6) is 0 Å². The fraction of sp³-hybridized carbons (Fsp3) is 0.294. The molecule has 1 fully saturated rings. The fourth-order valence-electron chi connectivity index (χ4n) is 2.60. The normalized spacial score (nSPS) is 14.3. The van der Waals surface area contributed by atoms with Crippen molar-refractivity contribution in [2.24, 2.45) is 0 Å². The van der Waals surface area contributed by atoms with Gasteiger partial charge in [0.15, 0.2) is 0 Å². The van der Waals surface area contributed by atoms with Crippen molar-refractivity contribution in [3.63, 3.8) is 0 Å². The van der Waals surface area contributed by atoms with Crippen molar-refractivity contribution in [1.82, 2.24) is 19.8 Å². The van der Waals surface area contributed by atoms with E-state index in [-0.39, 0.29) is 17.5 Å². The maximum absolute atomic E-state index is 12.5. The Hall–Kier alpha value is -2.67. The van der Waals surface area contributed by atoms with Crippen molar-refractivity contribution in [3.8, 4) is 0 Å². The molecule has 0 bridgehead atoms. The first-order valence-corrected chi connectivity index (χ1v) is 8.30. The largest absolute Gasteiger partial charge is 0.339 e. The lowest BCUT2D eigenvalue weighted by molar-refractivity contribution is -0.130. The summed E-state index contributed by atoms with van der Waals surface area (Å²) in [6.07, 6.45) is 2.96. The summed E-state index contributed by atoms with van der Waals surface area (Å²) in [6, 6.07) is 7.25. The Morgan fingerprint density at radius 3 is 2.40 bits per heavy atom. The third-order valence-electron chi connectivity index (χ3n) is 3.98. The van der Waals surface area contributed by atoms with Crippen LogP contribution in [0, 0.1) is 0 Å². The van der Waals surface area contributed by atoms with Crippen LogP contribution in [0.2, 0.25) is 5.02 Å². The Labute approximate surface area is 150 Å². The Kier molecular flexibility index (Phi) is 5.14. The minimum Gasteiger partial charge on any atom is -0.339 e. The summed E-state index contributed by atoms with van der Waals surface area (Å²) in [4.78, 5) is 35.7. The van der Waals surface area contributed by atoms with Crippen LogP contribution >= 0.6 is 11.6 Å². The second kappa shape index (κ2) is 7.48. The summed E-state index contributed by atoms with van der Waals surface area (Å²) in [5.41, 5.74) is 1.08. The van der Waals surface area contributed by atoms with Crippen LogP contribution < -0.4 is 5.32 Å². The number of benzene rings is 1. The number of halogens is 1. The summed E-state index contributed by atoms with van der Waals surface area (Å²) in [5.74, 6) is 0.383.